The molecule has 1 fully saturated rings. The van der Waals surface area contributed by atoms with Gasteiger partial charge >= 0.3 is 0 Å². The number of aromatic nitrogens is 3. The summed E-state index contributed by atoms with van der Waals surface area (Å²) in [6.07, 6.45) is 7.14. The van der Waals surface area contributed by atoms with Crippen molar-refractivity contribution < 1.29 is 4.79 Å². The third kappa shape index (κ3) is 3.17. The van der Waals surface area contributed by atoms with E-state index in [2.05, 4.69) is 20.9 Å². The zero-order valence-corrected chi connectivity index (χ0v) is 14.8. The molecular weight excluding hydrogens is 328 g/mol. The first-order valence-corrected chi connectivity index (χ1v) is 10.00. The van der Waals surface area contributed by atoms with Crippen LogP contribution in [0.2, 0.25) is 0 Å². The fraction of sp³-hybridized carbons (Fsp3) is 0.562. The van der Waals surface area contributed by atoms with E-state index in [1.807, 2.05) is 23.0 Å². The first-order chi connectivity index (χ1) is 11.2. The van der Waals surface area contributed by atoms with Gasteiger partial charge in [0.15, 0.2) is 11.0 Å². The molecule has 0 radical (unpaired) electrons. The Bertz CT molecular complexity index is 733. The molecule has 0 aliphatic heterocycles. The first kappa shape index (κ1) is 15.2. The number of aryl methyl sites for hydroxylation is 1. The minimum absolute atomic E-state index is 0.0926. The van der Waals surface area contributed by atoms with Crippen molar-refractivity contribution in [3.8, 4) is 11.4 Å². The van der Waals surface area contributed by atoms with Gasteiger partial charge in [-0.15, -0.1) is 21.5 Å². The molecule has 0 bridgehead atoms. The zero-order chi connectivity index (χ0) is 15.8. The summed E-state index contributed by atoms with van der Waals surface area (Å²) in [5.74, 6) is 1.42. The number of thiophene rings is 1. The Hall–Kier alpha value is -1.34. The highest BCUT2D eigenvalue weighted by Crippen LogP contribution is 2.36. The van der Waals surface area contributed by atoms with Crippen molar-refractivity contribution in [2.24, 2.45) is 7.05 Å². The van der Waals surface area contributed by atoms with E-state index in [1.165, 1.54) is 47.0 Å². The van der Waals surface area contributed by atoms with E-state index >= 15 is 0 Å². The molecule has 1 amide bonds. The van der Waals surface area contributed by atoms with Gasteiger partial charge in [-0.05, 0) is 44.1 Å². The van der Waals surface area contributed by atoms with Gasteiger partial charge in [0.2, 0.25) is 5.91 Å². The van der Waals surface area contributed by atoms with E-state index in [0.717, 1.165) is 30.2 Å². The van der Waals surface area contributed by atoms with Crippen molar-refractivity contribution in [3.63, 3.8) is 0 Å². The van der Waals surface area contributed by atoms with Gasteiger partial charge in [0.1, 0.15) is 0 Å². The Morgan fingerprint density at radius 3 is 3.04 bits per heavy atom. The van der Waals surface area contributed by atoms with Crippen molar-refractivity contribution in [2.75, 3.05) is 5.75 Å². The second-order valence-corrected chi connectivity index (χ2v) is 8.16. The summed E-state index contributed by atoms with van der Waals surface area (Å²) >= 11 is 3.31. The molecule has 4 rings (SSSR count). The lowest BCUT2D eigenvalue weighted by Gasteiger charge is -2.12. The third-order valence-corrected chi connectivity index (χ3v) is 6.52. The summed E-state index contributed by atoms with van der Waals surface area (Å²) in [5.41, 5.74) is 2.69. The SMILES string of the molecule is Cn1c(SCC(=O)NC2CC2)nnc1-c1csc2c1CCCC2. The number of fused-ring (bicyclic) bond motifs is 1. The molecule has 5 nitrogen and oxygen atoms in total. The summed E-state index contributed by atoms with van der Waals surface area (Å²) in [5, 5.41) is 14.7. The van der Waals surface area contributed by atoms with Gasteiger partial charge in [-0.2, -0.15) is 0 Å². The maximum atomic E-state index is 11.8. The standard InChI is InChI=1S/C16H20N4OS2/c1-20-15(12-8-22-13-5-3-2-4-11(12)13)18-19-16(20)23-9-14(21)17-10-6-7-10/h8,10H,2-7,9H2,1H3,(H,17,21). The lowest BCUT2D eigenvalue weighted by molar-refractivity contribution is -0.118. The average Bonchev–Trinajstić information content (AvgIpc) is 3.15. The number of rotatable bonds is 5. The van der Waals surface area contributed by atoms with Crippen LogP contribution in [0.4, 0.5) is 0 Å². The van der Waals surface area contributed by atoms with E-state index in [1.54, 1.807) is 0 Å². The minimum atomic E-state index is 0.0926. The zero-order valence-electron chi connectivity index (χ0n) is 13.2. The van der Waals surface area contributed by atoms with Gasteiger partial charge in [0, 0.05) is 28.9 Å². The van der Waals surface area contributed by atoms with Gasteiger partial charge in [0.25, 0.3) is 0 Å². The number of thioether (sulfide) groups is 1. The molecule has 2 aromatic heterocycles. The number of carbonyl (C=O) groups is 1. The van der Waals surface area contributed by atoms with Crippen molar-refractivity contribution in [2.45, 2.75) is 49.7 Å². The van der Waals surface area contributed by atoms with Crippen LogP contribution in [0.15, 0.2) is 10.5 Å². The maximum Gasteiger partial charge on any atom is 0.230 e. The molecule has 0 aromatic carbocycles. The Labute approximate surface area is 143 Å². The van der Waals surface area contributed by atoms with Crippen LogP contribution >= 0.6 is 23.1 Å². The summed E-state index contributed by atoms with van der Waals surface area (Å²) in [6.45, 7) is 0. The molecule has 2 aromatic rings. The smallest absolute Gasteiger partial charge is 0.230 e. The third-order valence-electron chi connectivity index (χ3n) is 4.41. The molecule has 0 unspecified atom stereocenters. The second-order valence-electron chi connectivity index (χ2n) is 6.25. The number of hydrogen-bond acceptors (Lipinski definition) is 5. The van der Waals surface area contributed by atoms with Gasteiger partial charge in [0.05, 0.1) is 5.75 Å². The van der Waals surface area contributed by atoms with Crippen molar-refractivity contribution in [1.82, 2.24) is 20.1 Å². The van der Waals surface area contributed by atoms with Gasteiger partial charge in [-0.25, -0.2) is 0 Å². The van der Waals surface area contributed by atoms with Gasteiger partial charge < -0.3 is 9.88 Å². The number of nitrogens with one attached hydrogen (secondary N) is 1. The van der Waals surface area contributed by atoms with Crippen LogP contribution in [-0.2, 0) is 24.7 Å². The molecule has 0 atom stereocenters. The Morgan fingerprint density at radius 1 is 1.39 bits per heavy atom. The quantitative estimate of drug-likeness (QED) is 0.844. The van der Waals surface area contributed by atoms with E-state index < -0.39 is 0 Å². The molecule has 1 saturated carbocycles. The van der Waals surface area contributed by atoms with Crippen molar-refractivity contribution >= 4 is 29.0 Å². The summed E-state index contributed by atoms with van der Waals surface area (Å²) < 4.78 is 2.02. The Morgan fingerprint density at radius 2 is 2.22 bits per heavy atom. The largest absolute Gasteiger partial charge is 0.353 e. The highest BCUT2D eigenvalue weighted by atomic mass is 32.2. The predicted octanol–water partition coefficient (Wildman–Crippen LogP) is 2.79. The number of amides is 1. The summed E-state index contributed by atoms with van der Waals surface area (Å²) in [4.78, 5) is 13.3. The molecule has 2 aliphatic carbocycles. The summed E-state index contributed by atoms with van der Waals surface area (Å²) in [7, 11) is 1.99. The second kappa shape index (κ2) is 6.28. The molecule has 23 heavy (non-hydrogen) atoms. The first-order valence-electron chi connectivity index (χ1n) is 8.13. The van der Waals surface area contributed by atoms with Crippen LogP contribution in [0.1, 0.15) is 36.1 Å². The molecular formula is C16H20N4OS2. The van der Waals surface area contributed by atoms with Crippen LogP contribution in [-0.4, -0.2) is 32.5 Å². The average molecular weight is 348 g/mol. The number of carbonyl (C=O) groups excluding carboxylic acids is 1. The number of hydrogen-bond donors (Lipinski definition) is 1. The van der Waals surface area contributed by atoms with Gasteiger partial charge in [-0.3, -0.25) is 4.79 Å². The molecule has 0 spiro atoms. The van der Waals surface area contributed by atoms with Crippen LogP contribution < -0.4 is 5.32 Å². The molecule has 1 N–H and O–H groups in total. The molecule has 0 saturated heterocycles. The van der Waals surface area contributed by atoms with Gasteiger partial charge in [-0.1, -0.05) is 11.8 Å². The lowest BCUT2D eigenvalue weighted by Crippen LogP contribution is -2.27. The molecule has 7 heteroatoms. The fourth-order valence-corrected chi connectivity index (χ4v) is 4.83. The number of nitrogens with zero attached hydrogens (tertiary/aromatic N) is 3. The molecule has 122 valence electrons. The maximum absolute atomic E-state index is 11.8. The molecule has 2 aliphatic rings. The monoisotopic (exact) mass is 348 g/mol. The van der Waals surface area contributed by atoms with Crippen LogP contribution in [0.25, 0.3) is 11.4 Å². The topological polar surface area (TPSA) is 59.8 Å². The van der Waals surface area contributed by atoms with Crippen LogP contribution in [0, 0.1) is 0 Å². The fourth-order valence-electron chi connectivity index (χ4n) is 2.98. The van der Waals surface area contributed by atoms with Crippen LogP contribution in [0.5, 0.6) is 0 Å². The summed E-state index contributed by atoms with van der Waals surface area (Å²) in [6, 6.07) is 0.412. The Kier molecular flexibility index (Phi) is 4.15. The minimum Gasteiger partial charge on any atom is -0.353 e. The van der Waals surface area contributed by atoms with E-state index in [4.69, 9.17) is 0 Å². The van der Waals surface area contributed by atoms with E-state index in [-0.39, 0.29) is 5.91 Å². The van der Waals surface area contributed by atoms with Crippen LogP contribution in [0.3, 0.4) is 0 Å². The van der Waals surface area contributed by atoms with Crippen molar-refractivity contribution in [1.29, 1.82) is 0 Å². The highest BCUT2D eigenvalue weighted by Gasteiger charge is 2.24. The molecule has 2 heterocycles. The van der Waals surface area contributed by atoms with Crippen molar-refractivity contribution in [3.05, 3.63) is 15.8 Å². The normalized spacial score (nSPS) is 17.1. The van der Waals surface area contributed by atoms with E-state index in [0.29, 0.717) is 11.8 Å². The lowest BCUT2D eigenvalue weighted by atomic mass is 9.96. The highest BCUT2D eigenvalue weighted by molar-refractivity contribution is 7.99. The predicted molar refractivity (Wildman–Crippen MR) is 92.8 cm³/mol. The van der Waals surface area contributed by atoms with E-state index in [9.17, 15) is 4.79 Å². The Balaban J connectivity index is 1.49.